The summed E-state index contributed by atoms with van der Waals surface area (Å²) in [7, 11) is 0. The molecule has 1 aromatic rings. The molecule has 0 bridgehead atoms. The van der Waals surface area contributed by atoms with Crippen molar-refractivity contribution in [3.63, 3.8) is 0 Å². The molecule has 23 heavy (non-hydrogen) atoms. The number of hydrogen-bond acceptors (Lipinski definition) is 4. The summed E-state index contributed by atoms with van der Waals surface area (Å²) < 4.78 is 71.3. The summed E-state index contributed by atoms with van der Waals surface area (Å²) in [6.45, 7) is 2.95. The third-order valence-corrected chi connectivity index (χ3v) is 2.60. The van der Waals surface area contributed by atoms with Crippen LogP contribution in [0.25, 0.3) is 5.76 Å². The second kappa shape index (κ2) is 7.70. The zero-order valence-electron chi connectivity index (χ0n) is 12.1. The highest BCUT2D eigenvalue weighted by atomic mass is 19.2. The van der Waals surface area contributed by atoms with Crippen molar-refractivity contribution >= 4 is 17.9 Å². The Morgan fingerprint density at radius 1 is 1.04 bits per heavy atom. The Morgan fingerprint density at radius 3 is 1.96 bits per heavy atom. The number of rotatable bonds is 5. The van der Waals surface area contributed by atoms with Crippen LogP contribution >= 0.6 is 0 Å². The van der Waals surface area contributed by atoms with E-state index in [-0.39, 0.29) is 13.2 Å². The smallest absolute Gasteiger partial charge is 0.343 e. The topological polar surface area (TPSA) is 58.9 Å². The number of nitrogens with zero attached hydrogens (tertiary/aromatic N) is 1. The predicted octanol–water partition coefficient (Wildman–Crippen LogP) is 3.31. The molecule has 126 valence electrons. The normalized spacial score (nSPS) is 12.5. The number of halogens is 5. The minimum atomic E-state index is -2.38. The molecular formula is C14H12F5NO3. The number of aliphatic hydroxyl groups excluding tert-OH is 1. The number of aliphatic hydroxyl groups is 1. The van der Waals surface area contributed by atoms with Crippen molar-refractivity contribution in [3.05, 3.63) is 40.2 Å². The van der Waals surface area contributed by atoms with Gasteiger partial charge in [0.1, 0.15) is 11.3 Å². The summed E-state index contributed by atoms with van der Waals surface area (Å²) in [4.78, 5) is 15.3. The van der Waals surface area contributed by atoms with Gasteiger partial charge in [0.15, 0.2) is 23.3 Å². The molecule has 0 aliphatic heterocycles. The van der Waals surface area contributed by atoms with Crippen LogP contribution in [-0.4, -0.2) is 30.4 Å². The van der Waals surface area contributed by atoms with Crippen molar-refractivity contribution in [1.29, 1.82) is 0 Å². The lowest BCUT2D eigenvalue weighted by atomic mass is 10.1. The van der Waals surface area contributed by atoms with Gasteiger partial charge in [-0.15, -0.1) is 0 Å². The number of hydrogen-bond donors (Lipinski definition) is 1. The van der Waals surface area contributed by atoms with Crippen molar-refractivity contribution in [2.45, 2.75) is 13.8 Å². The standard InChI is InChI=1S/C14H12F5NO3/c1-3-20-5-6(14(22)23-4-2)13(21)7-8(15)10(17)12(19)11(18)9(7)16/h5,21H,3-4H2,1-2H3. The van der Waals surface area contributed by atoms with Gasteiger partial charge in [-0.25, -0.2) is 26.7 Å². The zero-order valence-corrected chi connectivity index (χ0v) is 12.1. The number of carbonyl (C=O) groups excluding carboxylic acids is 1. The van der Waals surface area contributed by atoms with E-state index in [1.807, 2.05) is 0 Å². The molecule has 0 aliphatic carbocycles. The molecule has 0 spiro atoms. The minimum absolute atomic E-state index is 0.132. The summed E-state index contributed by atoms with van der Waals surface area (Å²) in [5.41, 5.74) is -2.47. The van der Waals surface area contributed by atoms with Gasteiger partial charge in [0.05, 0.1) is 12.2 Å². The Balaban J connectivity index is 3.69. The van der Waals surface area contributed by atoms with Crippen LogP contribution in [0.3, 0.4) is 0 Å². The van der Waals surface area contributed by atoms with Crippen molar-refractivity contribution < 1.29 is 36.6 Å². The lowest BCUT2D eigenvalue weighted by molar-refractivity contribution is -0.137. The van der Waals surface area contributed by atoms with Crippen LogP contribution in [0.15, 0.2) is 10.6 Å². The van der Waals surface area contributed by atoms with Crippen molar-refractivity contribution in [3.8, 4) is 0 Å². The largest absolute Gasteiger partial charge is 0.506 e. The summed E-state index contributed by atoms with van der Waals surface area (Å²) in [5.74, 6) is -14.1. The molecule has 9 heteroatoms. The highest BCUT2D eigenvalue weighted by molar-refractivity contribution is 6.15. The van der Waals surface area contributed by atoms with Gasteiger partial charge in [-0.2, -0.15) is 0 Å². The fourth-order valence-electron chi connectivity index (χ4n) is 1.55. The van der Waals surface area contributed by atoms with Gasteiger partial charge in [0.2, 0.25) is 5.82 Å². The van der Waals surface area contributed by atoms with Crippen LogP contribution < -0.4 is 0 Å². The number of aliphatic imine (C=N–C) groups is 1. The van der Waals surface area contributed by atoms with E-state index in [4.69, 9.17) is 0 Å². The Labute approximate surface area is 127 Å². The lowest BCUT2D eigenvalue weighted by Crippen LogP contribution is -2.14. The summed E-state index contributed by atoms with van der Waals surface area (Å²) in [6.07, 6.45) is 0.728. The van der Waals surface area contributed by atoms with E-state index in [0.717, 1.165) is 6.21 Å². The van der Waals surface area contributed by atoms with E-state index in [0.29, 0.717) is 0 Å². The Hall–Kier alpha value is -2.45. The molecule has 1 rings (SSSR count). The molecule has 0 amide bonds. The second-order valence-corrected chi connectivity index (χ2v) is 4.06. The third kappa shape index (κ3) is 3.66. The van der Waals surface area contributed by atoms with Crippen LogP contribution in [0.5, 0.6) is 0 Å². The molecule has 0 saturated heterocycles. The maximum Gasteiger partial charge on any atom is 0.343 e. The van der Waals surface area contributed by atoms with E-state index in [2.05, 4.69) is 9.73 Å². The van der Waals surface area contributed by atoms with Gasteiger partial charge in [0, 0.05) is 12.8 Å². The number of carbonyl (C=O) groups is 1. The Bertz CT molecular complexity index is 656. The predicted molar refractivity (Wildman–Crippen MR) is 71.4 cm³/mol. The highest BCUT2D eigenvalue weighted by Gasteiger charge is 2.30. The molecule has 4 nitrogen and oxygen atoms in total. The first-order valence-corrected chi connectivity index (χ1v) is 6.39. The van der Waals surface area contributed by atoms with Crippen molar-refractivity contribution in [2.75, 3.05) is 13.2 Å². The number of esters is 1. The van der Waals surface area contributed by atoms with Crippen LogP contribution in [0.1, 0.15) is 19.4 Å². The average Bonchev–Trinajstić information content (AvgIpc) is 2.52. The molecule has 0 saturated carbocycles. The first-order valence-electron chi connectivity index (χ1n) is 6.39. The van der Waals surface area contributed by atoms with Crippen molar-refractivity contribution in [2.24, 2.45) is 4.99 Å². The van der Waals surface area contributed by atoms with Gasteiger partial charge in [-0.1, -0.05) is 0 Å². The molecule has 0 unspecified atom stereocenters. The maximum absolute atomic E-state index is 13.7. The third-order valence-electron chi connectivity index (χ3n) is 2.60. The van der Waals surface area contributed by atoms with Gasteiger partial charge >= 0.3 is 5.97 Å². The van der Waals surface area contributed by atoms with Crippen LogP contribution in [0.2, 0.25) is 0 Å². The Kier molecular flexibility index (Phi) is 6.23. The van der Waals surface area contributed by atoms with E-state index >= 15 is 0 Å². The fraction of sp³-hybridized carbons (Fsp3) is 0.286. The van der Waals surface area contributed by atoms with Gasteiger partial charge < -0.3 is 9.84 Å². The van der Waals surface area contributed by atoms with Crippen LogP contribution in [-0.2, 0) is 9.53 Å². The molecular weight excluding hydrogens is 325 g/mol. The van der Waals surface area contributed by atoms with E-state index in [1.54, 1.807) is 6.92 Å². The summed E-state index contributed by atoms with van der Waals surface area (Å²) in [6, 6.07) is 0. The molecule has 0 aromatic heterocycles. The van der Waals surface area contributed by atoms with Crippen molar-refractivity contribution in [1.82, 2.24) is 0 Å². The summed E-state index contributed by atoms with van der Waals surface area (Å²) >= 11 is 0. The minimum Gasteiger partial charge on any atom is -0.506 e. The lowest BCUT2D eigenvalue weighted by Gasteiger charge is -2.10. The molecule has 0 aliphatic rings. The molecule has 0 atom stereocenters. The van der Waals surface area contributed by atoms with Gasteiger partial charge in [-0.3, -0.25) is 4.99 Å². The number of benzene rings is 1. The number of ether oxygens (including phenoxy) is 1. The van der Waals surface area contributed by atoms with E-state index < -0.39 is 52.0 Å². The molecule has 0 heterocycles. The van der Waals surface area contributed by atoms with E-state index in [9.17, 15) is 31.9 Å². The zero-order chi connectivity index (χ0) is 17.7. The van der Waals surface area contributed by atoms with Gasteiger partial charge in [0.25, 0.3) is 0 Å². The van der Waals surface area contributed by atoms with Gasteiger partial charge in [-0.05, 0) is 13.8 Å². The Morgan fingerprint density at radius 2 is 1.52 bits per heavy atom. The first-order chi connectivity index (χ1) is 10.8. The SMILES string of the molecule is CCN=CC(C(=O)OCC)=C(O)c1c(F)c(F)c(F)c(F)c1F. The molecule has 1 aromatic carbocycles. The monoisotopic (exact) mass is 337 g/mol. The first kappa shape index (κ1) is 18.6. The maximum atomic E-state index is 13.7. The molecule has 0 fully saturated rings. The summed E-state index contributed by atoms with van der Waals surface area (Å²) in [5, 5.41) is 9.86. The highest BCUT2D eigenvalue weighted by Crippen LogP contribution is 2.28. The fourth-order valence-corrected chi connectivity index (χ4v) is 1.55. The van der Waals surface area contributed by atoms with Crippen LogP contribution in [0.4, 0.5) is 22.0 Å². The van der Waals surface area contributed by atoms with E-state index in [1.165, 1.54) is 6.92 Å². The molecule has 1 N–H and O–H groups in total. The second-order valence-electron chi connectivity index (χ2n) is 4.06. The molecule has 0 radical (unpaired) electrons. The van der Waals surface area contributed by atoms with Crippen LogP contribution in [0, 0.1) is 29.1 Å². The average molecular weight is 337 g/mol. The quantitative estimate of drug-likeness (QED) is 0.171.